The predicted molar refractivity (Wildman–Crippen MR) is 60.4 cm³/mol. The predicted octanol–water partition coefficient (Wildman–Crippen LogP) is 1.66. The third-order valence-corrected chi connectivity index (χ3v) is 2.21. The quantitative estimate of drug-likeness (QED) is 0.820. The Morgan fingerprint density at radius 3 is 2.71 bits per heavy atom. The number of carboxylic acid groups (broad SMARTS) is 1. The summed E-state index contributed by atoms with van der Waals surface area (Å²) in [6.45, 7) is 1.09. The van der Waals surface area contributed by atoms with Gasteiger partial charge < -0.3 is 14.8 Å². The van der Waals surface area contributed by atoms with Gasteiger partial charge in [-0.25, -0.2) is 9.78 Å². The maximum absolute atomic E-state index is 10.6. The van der Waals surface area contributed by atoms with Crippen LogP contribution in [-0.4, -0.2) is 16.1 Å². The zero-order chi connectivity index (χ0) is 12.1. The fraction of sp³-hybridized carbons (Fsp3) is 0.167. The van der Waals surface area contributed by atoms with Gasteiger partial charge in [-0.2, -0.15) is 0 Å². The molecular weight excluding hydrogens is 220 g/mol. The molecule has 0 bridgehead atoms. The molecule has 0 spiro atoms. The summed E-state index contributed by atoms with van der Waals surface area (Å²) < 4.78 is 5.01. The number of carboxylic acids is 1. The van der Waals surface area contributed by atoms with Crippen LogP contribution in [-0.2, 0) is 13.1 Å². The number of oxazole rings is 1. The summed E-state index contributed by atoms with van der Waals surface area (Å²) in [5, 5.41) is 11.8. The van der Waals surface area contributed by atoms with Crippen LogP contribution in [0, 0.1) is 0 Å². The van der Waals surface area contributed by atoms with Crippen molar-refractivity contribution < 1.29 is 14.3 Å². The van der Waals surface area contributed by atoms with Crippen molar-refractivity contribution in [1.82, 2.24) is 10.3 Å². The van der Waals surface area contributed by atoms with Crippen LogP contribution < -0.4 is 5.32 Å². The number of hydrogen-bond acceptors (Lipinski definition) is 4. The summed E-state index contributed by atoms with van der Waals surface area (Å²) in [5.41, 5.74) is 1.15. The smallest absolute Gasteiger partial charge is 0.373 e. The molecule has 0 aliphatic rings. The molecule has 0 fully saturated rings. The van der Waals surface area contributed by atoms with Crippen LogP contribution in [0.15, 0.2) is 40.9 Å². The minimum absolute atomic E-state index is 0.137. The molecule has 5 heteroatoms. The lowest BCUT2D eigenvalue weighted by Crippen LogP contribution is -2.12. The summed E-state index contributed by atoms with van der Waals surface area (Å²) in [4.78, 5) is 14.4. The monoisotopic (exact) mass is 232 g/mol. The Bertz CT molecular complexity index is 493. The van der Waals surface area contributed by atoms with Crippen molar-refractivity contribution in [3.05, 3.63) is 53.7 Å². The van der Waals surface area contributed by atoms with Gasteiger partial charge in [-0.05, 0) is 5.56 Å². The highest BCUT2D eigenvalue weighted by molar-refractivity contribution is 5.83. The highest BCUT2D eigenvalue weighted by Gasteiger charge is 2.09. The Balaban J connectivity index is 1.84. The van der Waals surface area contributed by atoms with Crippen molar-refractivity contribution in [2.45, 2.75) is 13.1 Å². The van der Waals surface area contributed by atoms with E-state index in [-0.39, 0.29) is 5.76 Å². The first-order valence-corrected chi connectivity index (χ1v) is 5.18. The van der Waals surface area contributed by atoms with Gasteiger partial charge in [0.2, 0.25) is 11.7 Å². The Morgan fingerprint density at radius 1 is 1.29 bits per heavy atom. The lowest BCUT2D eigenvalue weighted by Gasteiger charge is -2.01. The van der Waals surface area contributed by atoms with Gasteiger partial charge in [-0.3, -0.25) is 0 Å². The summed E-state index contributed by atoms with van der Waals surface area (Å²) in [6.07, 6.45) is 1.21. The van der Waals surface area contributed by atoms with E-state index in [0.29, 0.717) is 19.0 Å². The molecule has 1 heterocycles. The normalized spacial score (nSPS) is 10.4. The molecule has 1 aromatic heterocycles. The third kappa shape index (κ3) is 3.15. The first-order valence-electron chi connectivity index (χ1n) is 5.18. The molecule has 0 atom stereocenters. The number of rotatable bonds is 5. The third-order valence-electron chi connectivity index (χ3n) is 2.21. The maximum Gasteiger partial charge on any atom is 0.373 e. The van der Waals surface area contributed by atoms with Crippen LogP contribution in [0.3, 0.4) is 0 Å². The molecule has 17 heavy (non-hydrogen) atoms. The van der Waals surface area contributed by atoms with Crippen molar-refractivity contribution in [3.8, 4) is 0 Å². The first-order chi connectivity index (χ1) is 8.25. The van der Waals surface area contributed by atoms with E-state index in [1.807, 2.05) is 30.3 Å². The van der Waals surface area contributed by atoms with E-state index < -0.39 is 5.97 Å². The number of hydrogen-bond donors (Lipinski definition) is 2. The lowest BCUT2D eigenvalue weighted by molar-refractivity contribution is 0.0660. The molecule has 2 N–H and O–H groups in total. The van der Waals surface area contributed by atoms with E-state index in [2.05, 4.69) is 10.3 Å². The molecule has 0 saturated carbocycles. The number of nitrogens with one attached hydrogen (secondary N) is 1. The number of carbonyl (C=O) groups is 1. The second kappa shape index (κ2) is 5.27. The zero-order valence-corrected chi connectivity index (χ0v) is 9.09. The summed E-state index contributed by atoms with van der Waals surface area (Å²) in [6, 6.07) is 9.89. The van der Waals surface area contributed by atoms with E-state index >= 15 is 0 Å². The minimum Gasteiger partial charge on any atom is -0.475 e. The van der Waals surface area contributed by atoms with E-state index in [4.69, 9.17) is 9.52 Å². The molecule has 2 aromatic rings. The Morgan fingerprint density at radius 2 is 2.06 bits per heavy atom. The van der Waals surface area contributed by atoms with Gasteiger partial charge in [0.1, 0.15) is 0 Å². The summed E-state index contributed by atoms with van der Waals surface area (Å²) >= 11 is 0. The van der Waals surface area contributed by atoms with E-state index in [0.717, 1.165) is 5.56 Å². The van der Waals surface area contributed by atoms with Gasteiger partial charge in [-0.15, -0.1) is 0 Å². The largest absolute Gasteiger partial charge is 0.475 e. The highest BCUT2D eigenvalue weighted by atomic mass is 16.4. The average Bonchev–Trinajstić information content (AvgIpc) is 2.79. The van der Waals surface area contributed by atoms with Crippen LogP contribution in [0.4, 0.5) is 0 Å². The van der Waals surface area contributed by atoms with Gasteiger partial charge in [0, 0.05) is 6.54 Å². The van der Waals surface area contributed by atoms with E-state index in [9.17, 15) is 4.79 Å². The van der Waals surface area contributed by atoms with Crippen LogP contribution in [0.5, 0.6) is 0 Å². The molecule has 2 rings (SSSR count). The Labute approximate surface area is 98.1 Å². The summed E-state index contributed by atoms with van der Waals surface area (Å²) in [5.74, 6) is -0.869. The topological polar surface area (TPSA) is 75.4 Å². The Hall–Kier alpha value is -2.14. The van der Waals surface area contributed by atoms with Gasteiger partial charge in [-0.1, -0.05) is 30.3 Å². The van der Waals surface area contributed by atoms with Crippen molar-refractivity contribution in [3.63, 3.8) is 0 Å². The minimum atomic E-state index is -1.10. The molecule has 1 aromatic carbocycles. The average molecular weight is 232 g/mol. The zero-order valence-electron chi connectivity index (χ0n) is 9.09. The summed E-state index contributed by atoms with van der Waals surface area (Å²) in [7, 11) is 0. The molecule has 0 saturated heterocycles. The van der Waals surface area contributed by atoms with Crippen LogP contribution in [0.1, 0.15) is 22.0 Å². The number of nitrogens with zero attached hydrogens (tertiary/aromatic N) is 1. The van der Waals surface area contributed by atoms with Crippen molar-refractivity contribution in [2.24, 2.45) is 0 Å². The first kappa shape index (κ1) is 11.3. The maximum atomic E-state index is 10.6. The molecule has 0 amide bonds. The van der Waals surface area contributed by atoms with Gasteiger partial charge in [0.25, 0.3) is 0 Å². The van der Waals surface area contributed by atoms with Gasteiger partial charge in [0.15, 0.2) is 0 Å². The van der Waals surface area contributed by atoms with E-state index in [1.54, 1.807) is 0 Å². The SMILES string of the molecule is O=C(O)c1cnc(CNCc2ccccc2)o1. The highest BCUT2D eigenvalue weighted by Crippen LogP contribution is 2.04. The van der Waals surface area contributed by atoms with Crippen LogP contribution in [0.25, 0.3) is 0 Å². The molecule has 0 unspecified atom stereocenters. The molecule has 0 aliphatic carbocycles. The van der Waals surface area contributed by atoms with Crippen molar-refractivity contribution >= 4 is 5.97 Å². The lowest BCUT2D eigenvalue weighted by atomic mass is 10.2. The van der Waals surface area contributed by atoms with Crippen molar-refractivity contribution in [1.29, 1.82) is 0 Å². The second-order valence-corrected chi connectivity index (χ2v) is 3.51. The molecule has 88 valence electrons. The fourth-order valence-electron chi connectivity index (χ4n) is 1.40. The van der Waals surface area contributed by atoms with Crippen LogP contribution in [0.2, 0.25) is 0 Å². The number of benzene rings is 1. The van der Waals surface area contributed by atoms with Gasteiger partial charge >= 0.3 is 5.97 Å². The molecular formula is C12H12N2O3. The fourth-order valence-corrected chi connectivity index (χ4v) is 1.40. The van der Waals surface area contributed by atoms with E-state index in [1.165, 1.54) is 6.20 Å². The standard InChI is InChI=1S/C12H12N2O3/c15-12(16)10-7-14-11(17-10)8-13-6-9-4-2-1-3-5-9/h1-5,7,13H,6,8H2,(H,15,16). The van der Waals surface area contributed by atoms with Crippen molar-refractivity contribution in [2.75, 3.05) is 0 Å². The van der Waals surface area contributed by atoms with Gasteiger partial charge in [0.05, 0.1) is 12.7 Å². The molecule has 5 nitrogen and oxygen atoms in total. The van der Waals surface area contributed by atoms with Crippen LogP contribution >= 0.6 is 0 Å². The second-order valence-electron chi connectivity index (χ2n) is 3.51. The number of aromatic carboxylic acids is 1. The number of aromatic nitrogens is 1. The molecule has 0 aliphatic heterocycles. The molecule has 0 radical (unpaired) electrons. The Kier molecular flexibility index (Phi) is 3.52.